The number of allylic oxidation sites excluding steroid dienone is 1. The lowest BCUT2D eigenvalue weighted by Gasteiger charge is -2.29. The van der Waals surface area contributed by atoms with Gasteiger partial charge in [-0.15, -0.1) is 0 Å². The number of unbranched alkanes of at least 4 members (excludes halogenated alkanes) is 1. The first-order chi connectivity index (χ1) is 19.8. The van der Waals surface area contributed by atoms with Crippen molar-refractivity contribution in [1.29, 1.82) is 0 Å². The molecule has 0 saturated heterocycles. The Kier molecular flexibility index (Phi) is 9.45. The van der Waals surface area contributed by atoms with Crippen LogP contribution >= 0.6 is 11.8 Å². The van der Waals surface area contributed by atoms with Crippen LogP contribution in [-0.2, 0) is 21.7 Å². The molecule has 0 aromatic heterocycles. The number of hydrogen-bond donors (Lipinski definition) is 0. The Morgan fingerprint density at radius 2 is 1.00 bits per heavy atom. The lowest BCUT2D eigenvalue weighted by molar-refractivity contribution is 0.568. The van der Waals surface area contributed by atoms with Gasteiger partial charge in [-0.1, -0.05) is 163 Å². The highest BCUT2D eigenvalue weighted by molar-refractivity contribution is 8.05. The van der Waals surface area contributed by atoms with E-state index in [1.54, 1.807) is 11.8 Å². The fraction of sp³-hybridized carbons (Fsp3) is 0.488. The van der Waals surface area contributed by atoms with Gasteiger partial charge in [-0.05, 0) is 67.9 Å². The number of anilines is 1. The average Bonchev–Trinajstić information content (AvgIpc) is 3.37. The van der Waals surface area contributed by atoms with Crippen LogP contribution in [0.15, 0.2) is 65.7 Å². The lowest BCUT2D eigenvalue weighted by atomic mass is 9.77. The average molecular weight is 594 g/mol. The zero-order chi connectivity index (χ0) is 32.0. The molecule has 0 atom stereocenters. The van der Waals surface area contributed by atoms with Crippen LogP contribution in [0.1, 0.15) is 132 Å². The van der Waals surface area contributed by atoms with E-state index in [-0.39, 0.29) is 21.7 Å². The van der Waals surface area contributed by atoms with Crippen molar-refractivity contribution in [2.24, 2.45) is 0 Å². The van der Waals surface area contributed by atoms with E-state index >= 15 is 0 Å². The Morgan fingerprint density at radius 3 is 1.35 bits per heavy atom. The number of rotatable bonds is 6. The Morgan fingerprint density at radius 1 is 0.605 bits per heavy atom. The monoisotopic (exact) mass is 593 g/mol. The maximum Gasteiger partial charge on any atom is 0.168 e. The van der Waals surface area contributed by atoms with Crippen LogP contribution in [0.3, 0.4) is 0 Å². The zero-order valence-electron chi connectivity index (χ0n) is 29.3. The standard InChI is InChI=1S/C41H55NS/c1-14-15-17-34-26-42(27-43-34)37-35(28-20-30(38(2,3)4)24-31(21-28)39(5,6)7)18-16-19-36(37)29-22-32(40(8,9)10)25-33(23-29)41(11,12)13/h16,18-26H,14-15,17H2,1-13H3. The summed E-state index contributed by atoms with van der Waals surface area (Å²) >= 11 is 1.76. The number of hydrogen-bond acceptors (Lipinski definition) is 2. The molecule has 0 aliphatic carbocycles. The summed E-state index contributed by atoms with van der Waals surface area (Å²) in [6.07, 6.45) is 5.83. The first-order valence-electron chi connectivity index (χ1n) is 16.2. The van der Waals surface area contributed by atoms with Gasteiger partial charge >= 0.3 is 0 Å². The second kappa shape index (κ2) is 12.2. The molecule has 1 aliphatic rings. The topological polar surface area (TPSA) is 3.24 Å². The fourth-order valence-corrected chi connectivity index (χ4v) is 6.21. The predicted octanol–water partition coefficient (Wildman–Crippen LogP) is 12.8. The van der Waals surface area contributed by atoms with Gasteiger partial charge in [0.05, 0.1) is 5.69 Å². The molecule has 1 heterocycles. The summed E-state index contributed by atoms with van der Waals surface area (Å²) in [7, 11) is 0. The van der Waals surface area contributed by atoms with Gasteiger partial charge < -0.3 is 4.90 Å². The van der Waals surface area contributed by atoms with E-state index < -0.39 is 0 Å². The Bertz CT molecular complexity index is 1320. The Balaban J connectivity index is 2.06. The van der Waals surface area contributed by atoms with Crippen molar-refractivity contribution in [3.8, 4) is 22.3 Å². The highest BCUT2D eigenvalue weighted by atomic mass is 32.2. The minimum atomic E-state index is 0.0470. The molecule has 2 radical (unpaired) electrons. The second-order valence-electron chi connectivity index (χ2n) is 16.6. The summed E-state index contributed by atoms with van der Waals surface area (Å²) < 4.78 is 0. The highest BCUT2D eigenvalue weighted by Crippen LogP contribution is 2.47. The van der Waals surface area contributed by atoms with Gasteiger partial charge in [0.25, 0.3) is 0 Å². The Hall–Kier alpha value is -2.45. The summed E-state index contributed by atoms with van der Waals surface area (Å²) in [6.45, 7) is 30.1. The summed E-state index contributed by atoms with van der Waals surface area (Å²) in [5, 5.41) is 0. The van der Waals surface area contributed by atoms with Crippen molar-refractivity contribution in [3.05, 3.63) is 93.8 Å². The fourth-order valence-electron chi connectivity index (χ4n) is 5.45. The van der Waals surface area contributed by atoms with Crippen molar-refractivity contribution in [2.45, 2.75) is 131 Å². The first-order valence-corrected chi connectivity index (χ1v) is 17.0. The third kappa shape index (κ3) is 7.80. The summed E-state index contributed by atoms with van der Waals surface area (Å²) in [5.41, 5.74) is 12.0. The van der Waals surface area contributed by atoms with Gasteiger partial charge in [-0.3, -0.25) is 0 Å². The molecule has 0 unspecified atom stereocenters. The van der Waals surface area contributed by atoms with Gasteiger partial charge in [0.1, 0.15) is 0 Å². The first kappa shape index (κ1) is 33.4. The van der Waals surface area contributed by atoms with E-state index in [1.165, 1.54) is 67.9 Å². The number of nitrogens with zero attached hydrogens (tertiary/aromatic N) is 1. The van der Waals surface area contributed by atoms with E-state index in [1.807, 2.05) is 0 Å². The number of benzene rings is 3. The molecular weight excluding hydrogens is 539 g/mol. The highest BCUT2D eigenvalue weighted by Gasteiger charge is 2.27. The maximum absolute atomic E-state index is 3.69. The molecular formula is C41H55NS. The molecule has 0 fully saturated rings. The van der Waals surface area contributed by atoms with Crippen molar-refractivity contribution in [1.82, 2.24) is 0 Å². The van der Waals surface area contributed by atoms with Crippen LogP contribution in [0.25, 0.3) is 22.3 Å². The smallest absolute Gasteiger partial charge is 0.168 e. The van der Waals surface area contributed by atoms with Gasteiger partial charge in [0.15, 0.2) is 5.88 Å². The third-order valence-corrected chi connectivity index (χ3v) is 9.41. The molecule has 0 N–H and O–H groups in total. The summed E-state index contributed by atoms with van der Waals surface area (Å²) in [4.78, 5) is 3.68. The second-order valence-corrected chi connectivity index (χ2v) is 17.5. The zero-order valence-corrected chi connectivity index (χ0v) is 30.1. The molecule has 43 heavy (non-hydrogen) atoms. The predicted molar refractivity (Wildman–Crippen MR) is 193 cm³/mol. The lowest BCUT2D eigenvalue weighted by Crippen LogP contribution is -2.17. The van der Waals surface area contributed by atoms with Gasteiger partial charge in [-0.2, -0.15) is 0 Å². The molecule has 0 bridgehead atoms. The largest absolute Gasteiger partial charge is 0.324 e. The minimum absolute atomic E-state index is 0.0470. The van der Waals surface area contributed by atoms with E-state index in [4.69, 9.17) is 0 Å². The summed E-state index contributed by atoms with van der Waals surface area (Å²) in [5.74, 6) is 3.69. The van der Waals surface area contributed by atoms with E-state index in [9.17, 15) is 0 Å². The molecule has 0 amide bonds. The van der Waals surface area contributed by atoms with Crippen molar-refractivity contribution < 1.29 is 0 Å². The normalized spacial score (nSPS) is 14.8. The quantitative estimate of drug-likeness (QED) is 0.280. The van der Waals surface area contributed by atoms with Gasteiger partial charge in [0.2, 0.25) is 0 Å². The Labute approximate surface area is 268 Å². The molecule has 2 heteroatoms. The SMILES string of the molecule is CCCCC1=CN(c2c(-c3cc(C(C)(C)C)cc(C(C)(C)C)c3)cccc2-c2cc(C(C)(C)C)cc(C(C)(C)C)c2)[C]S1. The molecule has 3 aromatic carbocycles. The van der Waals surface area contributed by atoms with E-state index in [2.05, 4.69) is 162 Å². The molecule has 0 spiro atoms. The summed E-state index contributed by atoms with van der Waals surface area (Å²) in [6, 6.07) is 21.4. The molecule has 230 valence electrons. The molecule has 0 saturated carbocycles. The third-order valence-electron chi connectivity index (χ3n) is 8.55. The minimum Gasteiger partial charge on any atom is -0.324 e. The van der Waals surface area contributed by atoms with E-state index in [0.29, 0.717) is 0 Å². The van der Waals surface area contributed by atoms with Crippen LogP contribution in [0.5, 0.6) is 0 Å². The molecule has 1 aliphatic heterocycles. The molecule has 4 rings (SSSR count). The molecule has 3 aromatic rings. The van der Waals surface area contributed by atoms with E-state index in [0.717, 1.165) is 6.42 Å². The maximum atomic E-state index is 3.69. The number of para-hydroxylation sites is 1. The number of thioether (sulfide) groups is 1. The van der Waals surface area contributed by atoms with Crippen molar-refractivity contribution >= 4 is 17.4 Å². The van der Waals surface area contributed by atoms with Crippen LogP contribution < -0.4 is 4.90 Å². The van der Waals surface area contributed by atoms with Crippen LogP contribution in [0.2, 0.25) is 0 Å². The van der Waals surface area contributed by atoms with Crippen LogP contribution in [0.4, 0.5) is 5.69 Å². The van der Waals surface area contributed by atoms with Crippen molar-refractivity contribution in [3.63, 3.8) is 0 Å². The van der Waals surface area contributed by atoms with Crippen LogP contribution in [-0.4, -0.2) is 0 Å². The van der Waals surface area contributed by atoms with Gasteiger partial charge in [-0.25, -0.2) is 0 Å². The van der Waals surface area contributed by atoms with Crippen molar-refractivity contribution in [2.75, 3.05) is 4.90 Å². The van der Waals surface area contributed by atoms with Crippen LogP contribution in [0, 0.1) is 5.88 Å². The molecule has 1 nitrogen and oxygen atoms in total. The van der Waals surface area contributed by atoms with Gasteiger partial charge in [0, 0.05) is 22.2 Å².